The fraction of sp³-hybridized carbons (Fsp3) is 0.444. The number of piperidine rings is 3. The molecule has 0 bridgehead atoms. The molecule has 1 atom stereocenters. The molecule has 1 spiro atoms. The number of likely N-dealkylation sites (tertiary alicyclic amines) is 2. The number of rotatable bonds is 9. The van der Waals surface area contributed by atoms with Crippen LogP contribution in [0, 0.1) is 16.7 Å². The van der Waals surface area contributed by atoms with Gasteiger partial charge in [-0.2, -0.15) is 10.2 Å². The molecule has 0 unspecified atom stereocenters. The smallest absolute Gasteiger partial charge is 0.234 e. The van der Waals surface area contributed by atoms with Crippen molar-refractivity contribution in [1.82, 2.24) is 25.3 Å². The number of aromatic hydroxyl groups is 1. The van der Waals surface area contributed by atoms with Crippen molar-refractivity contribution < 1.29 is 19.5 Å². The number of imide groups is 1. The van der Waals surface area contributed by atoms with Crippen molar-refractivity contribution in [3.05, 3.63) is 102 Å². The van der Waals surface area contributed by atoms with Gasteiger partial charge in [0.25, 0.3) is 0 Å². The molecule has 5 saturated heterocycles. The molecule has 0 aliphatic carbocycles. The normalized spacial score (nSPS) is 22.4. The maximum Gasteiger partial charge on any atom is 0.234 e. The summed E-state index contributed by atoms with van der Waals surface area (Å²) in [7, 11) is 0. The molecule has 290 valence electrons. The number of para-hydroxylation sites is 1. The first-order chi connectivity index (χ1) is 27.2. The Morgan fingerprint density at radius 2 is 1.50 bits per heavy atom. The lowest BCUT2D eigenvalue weighted by atomic mass is 9.68. The van der Waals surface area contributed by atoms with Crippen LogP contribution in [0.1, 0.15) is 55.6 Å². The molecule has 0 radical (unpaired) electrons. The van der Waals surface area contributed by atoms with E-state index in [1.54, 1.807) is 18.3 Å². The first-order valence-electron chi connectivity index (χ1n) is 20.4. The second kappa shape index (κ2) is 15.0. The van der Waals surface area contributed by atoms with Crippen molar-refractivity contribution in [2.75, 3.05) is 68.7 Å². The van der Waals surface area contributed by atoms with Crippen molar-refractivity contribution in [2.24, 2.45) is 16.7 Å². The highest BCUT2D eigenvalue weighted by Crippen LogP contribution is 2.46. The van der Waals surface area contributed by atoms with Gasteiger partial charge in [-0.1, -0.05) is 54.6 Å². The van der Waals surface area contributed by atoms with Crippen LogP contribution < -0.4 is 15.1 Å². The number of benzene rings is 3. The molecule has 11 nitrogen and oxygen atoms in total. The Labute approximate surface area is 328 Å². The third kappa shape index (κ3) is 7.24. The topological polar surface area (TPSA) is 122 Å². The van der Waals surface area contributed by atoms with Crippen molar-refractivity contribution in [1.29, 1.82) is 0 Å². The van der Waals surface area contributed by atoms with Gasteiger partial charge in [0, 0.05) is 82.0 Å². The number of phenols is 1. The maximum atomic E-state index is 14.5. The zero-order valence-corrected chi connectivity index (χ0v) is 32.0. The number of amides is 3. The lowest BCUT2D eigenvalue weighted by molar-refractivity contribution is -0.171. The van der Waals surface area contributed by atoms with Crippen LogP contribution in [0.2, 0.25) is 0 Å². The Kier molecular flexibility index (Phi) is 9.73. The molecule has 2 N–H and O–H groups in total. The summed E-state index contributed by atoms with van der Waals surface area (Å²) in [6.45, 7) is 8.55. The van der Waals surface area contributed by atoms with Gasteiger partial charge in [0.1, 0.15) is 5.75 Å². The number of phenolic OH excluding ortho intramolecular Hbond substituents is 1. The van der Waals surface area contributed by atoms with Gasteiger partial charge in [-0.25, -0.2) is 0 Å². The van der Waals surface area contributed by atoms with E-state index in [9.17, 15) is 19.5 Å². The average Bonchev–Trinajstić information content (AvgIpc) is 3.19. The van der Waals surface area contributed by atoms with Crippen molar-refractivity contribution in [3.63, 3.8) is 0 Å². The number of anilines is 2. The minimum absolute atomic E-state index is 0.178. The first-order valence-corrected chi connectivity index (χ1v) is 20.4. The Balaban J connectivity index is 0.769. The van der Waals surface area contributed by atoms with Gasteiger partial charge in [-0.15, -0.1) is 0 Å². The average molecular weight is 754 g/mol. The molecule has 11 heteroatoms. The van der Waals surface area contributed by atoms with Crippen LogP contribution >= 0.6 is 0 Å². The molecule has 5 aliphatic rings. The molecule has 5 fully saturated rings. The predicted octanol–water partition coefficient (Wildman–Crippen LogP) is 5.26. The van der Waals surface area contributed by atoms with Crippen LogP contribution in [0.15, 0.2) is 91.1 Å². The van der Waals surface area contributed by atoms with Gasteiger partial charge in [-0.05, 0) is 85.9 Å². The zero-order valence-electron chi connectivity index (χ0n) is 32.0. The molecule has 56 heavy (non-hydrogen) atoms. The Hall–Kier alpha value is -5.29. The number of carbonyl (C=O) groups is 3. The molecule has 0 saturated carbocycles. The van der Waals surface area contributed by atoms with Gasteiger partial charge < -0.3 is 24.7 Å². The second-order valence-electron chi connectivity index (χ2n) is 17.1. The van der Waals surface area contributed by atoms with Crippen LogP contribution in [-0.4, -0.2) is 102 Å². The van der Waals surface area contributed by atoms with Crippen molar-refractivity contribution >= 4 is 29.1 Å². The minimum Gasteiger partial charge on any atom is -0.507 e. The van der Waals surface area contributed by atoms with E-state index in [4.69, 9.17) is 0 Å². The Morgan fingerprint density at radius 1 is 0.804 bits per heavy atom. The first kappa shape index (κ1) is 36.4. The number of hydrogen-bond acceptors (Lipinski definition) is 9. The molecule has 3 aromatic carbocycles. The van der Waals surface area contributed by atoms with Crippen LogP contribution in [0.4, 0.5) is 11.4 Å². The van der Waals surface area contributed by atoms with E-state index in [0.29, 0.717) is 35.9 Å². The monoisotopic (exact) mass is 753 g/mol. The van der Waals surface area contributed by atoms with Crippen LogP contribution in [0.3, 0.4) is 0 Å². The lowest BCUT2D eigenvalue weighted by Gasteiger charge is -2.62. The largest absolute Gasteiger partial charge is 0.507 e. The number of carbonyl (C=O) groups excluding carboxylic acids is 3. The standard InChI is InChI=1S/C45H51N7O4/c53-40-9-5-4-8-38(40)39-24-36(26-46-48-39)51-22-18-45(19-23-51,25-32-6-2-1-3-7-32)43(56)52-30-44(31-52)28-49(29-44)27-33-16-20-50(21-17-33)35-12-10-34(11-13-35)37-14-15-41(54)47-42(37)55/h1-13,24,26,33,37,53H,14-23,25,27-31H2,(H,47,54,55)/t37-/m0/s1. The molecule has 6 heterocycles. The van der Waals surface area contributed by atoms with Crippen LogP contribution in [-0.2, 0) is 20.8 Å². The van der Waals surface area contributed by atoms with Crippen LogP contribution in [0.25, 0.3) is 11.3 Å². The maximum absolute atomic E-state index is 14.5. The summed E-state index contributed by atoms with van der Waals surface area (Å²) >= 11 is 0. The zero-order chi connectivity index (χ0) is 38.3. The Bertz CT molecular complexity index is 2060. The van der Waals surface area contributed by atoms with Gasteiger partial charge in [-0.3, -0.25) is 19.7 Å². The fourth-order valence-corrected chi connectivity index (χ4v) is 10.1. The fourth-order valence-electron chi connectivity index (χ4n) is 10.1. The molecular formula is C45H51N7O4. The van der Waals surface area contributed by atoms with Gasteiger partial charge in [0.05, 0.1) is 28.9 Å². The SMILES string of the molecule is O=C1CC[C@@H](c2ccc(N3CCC(CN4CC5(C4)CN(C(=O)C4(Cc6ccccc6)CCN(c6cnnc(-c7ccccc7O)c6)CC4)C5)CC3)cc2)C(=O)N1. The van der Waals surface area contributed by atoms with E-state index in [1.807, 2.05) is 24.3 Å². The van der Waals surface area contributed by atoms with E-state index in [0.717, 1.165) is 102 Å². The summed E-state index contributed by atoms with van der Waals surface area (Å²) < 4.78 is 0. The third-order valence-electron chi connectivity index (χ3n) is 13.2. The number of nitrogens with one attached hydrogen (secondary N) is 1. The number of aromatic nitrogens is 2. The predicted molar refractivity (Wildman–Crippen MR) is 215 cm³/mol. The van der Waals surface area contributed by atoms with E-state index >= 15 is 0 Å². The minimum atomic E-state index is -0.441. The Morgan fingerprint density at radius 3 is 2.21 bits per heavy atom. The highest BCUT2D eigenvalue weighted by atomic mass is 16.3. The molecule has 3 amide bonds. The van der Waals surface area contributed by atoms with Gasteiger partial charge in [0.15, 0.2) is 0 Å². The quantitative estimate of drug-likeness (QED) is 0.221. The molecule has 9 rings (SSSR count). The lowest BCUT2D eigenvalue weighted by Crippen LogP contribution is -2.74. The molecule has 5 aliphatic heterocycles. The highest BCUT2D eigenvalue weighted by molar-refractivity contribution is 6.01. The summed E-state index contributed by atoms with van der Waals surface area (Å²) in [4.78, 5) is 47.9. The summed E-state index contributed by atoms with van der Waals surface area (Å²) in [5, 5.41) is 21.5. The van der Waals surface area contributed by atoms with E-state index in [-0.39, 0.29) is 28.9 Å². The van der Waals surface area contributed by atoms with E-state index < -0.39 is 5.41 Å². The van der Waals surface area contributed by atoms with Gasteiger partial charge in [0.2, 0.25) is 17.7 Å². The number of hydrogen-bond donors (Lipinski definition) is 2. The van der Waals surface area contributed by atoms with Crippen molar-refractivity contribution in [3.8, 4) is 17.0 Å². The van der Waals surface area contributed by atoms with E-state index in [2.05, 4.69) is 83.6 Å². The van der Waals surface area contributed by atoms with Gasteiger partial charge >= 0.3 is 0 Å². The van der Waals surface area contributed by atoms with E-state index in [1.165, 1.54) is 11.3 Å². The second-order valence-corrected chi connectivity index (χ2v) is 17.1. The summed E-state index contributed by atoms with van der Waals surface area (Å²) in [6.07, 6.45) is 7.36. The third-order valence-corrected chi connectivity index (χ3v) is 13.2. The summed E-state index contributed by atoms with van der Waals surface area (Å²) in [5.74, 6) is 0.558. The highest BCUT2D eigenvalue weighted by Gasteiger charge is 2.56. The van der Waals surface area contributed by atoms with Crippen molar-refractivity contribution in [2.45, 2.75) is 50.9 Å². The molecule has 1 aromatic heterocycles. The summed E-state index contributed by atoms with van der Waals surface area (Å²) in [6, 6.07) is 28.0. The molecular weight excluding hydrogens is 703 g/mol. The van der Waals surface area contributed by atoms with Crippen LogP contribution in [0.5, 0.6) is 5.75 Å². The molecule has 4 aromatic rings. The summed E-state index contributed by atoms with van der Waals surface area (Å²) in [5.41, 5.74) is 5.44. The number of nitrogens with zero attached hydrogens (tertiary/aromatic N) is 6.